The zero-order valence-corrected chi connectivity index (χ0v) is 14.7. The summed E-state index contributed by atoms with van der Waals surface area (Å²) < 4.78 is 25.6. The minimum Gasteiger partial charge on any atom is -0.339 e. The molecule has 1 saturated heterocycles. The Kier molecular flexibility index (Phi) is 3.75. The molecule has 3 heterocycles. The Balaban J connectivity index is 1.77. The number of rotatable bonds is 3. The molecule has 0 bridgehead atoms. The molecule has 2 aliphatic rings. The van der Waals surface area contributed by atoms with Gasteiger partial charge in [-0.2, -0.15) is 5.10 Å². The molecule has 9 heteroatoms. The van der Waals surface area contributed by atoms with Gasteiger partial charge in [0.2, 0.25) is 10.0 Å². The highest BCUT2D eigenvalue weighted by atomic mass is 32.2. The topological polar surface area (TPSA) is 99.3 Å². The second-order valence-electron chi connectivity index (χ2n) is 6.49. The molecule has 0 spiro atoms. The molecular formula is C16H19N5O3S. The van der Waals surface area contributed by atoms with Gasteiger partial charge in [-0.25, -0.2) is 13.4 Å². The number of carbonyl (C=O) groups excluding carboxylic acids is 1. The molecule has 2 aromatic rings. The number of sulfonamides is 1. The lowest BCUT2D eigenvalue weighted by Crippen LogP contribution is -2.29. The van der Waals surface area contributed by atoms with E-state index in [9.17, 15) is 13.2 Å². The maximum absolute atomic E-state index is 12.7. The number of aromatic amines is 1. The van der Waals surface area contributed by atoms with Crippen LogP contribution in [-0.4, -0.2) is 60.3 Å². The van der Waals surface area contributed by atoms with E-state index in [1.54, 1.807) is 18.2 Å². The fraction of sp³-hybridized carbons (Fsp3) is 0.438. The number of likely N-dealkylation sites (tertiary alicyclic amines) is 1. The van der Waals surface area contributed by atoms with E-state index in [2.05, 4.69) is 15.2 Å². The third-order valence-electron chi connectivity index (χ3n) is 4.82. The molecule has 0 saturated carbocycles. The van der Waals surface area contributed by atoms with Crippen LogP contribution >= 0.6 is 0 Å². The van der Waals surface area contributed by atoms with Gasteiger partial charge in [-0.3, -0.25) is 14.2 Å². The van der Waals surface area contributed by atoms with E-state index in [0.29, 0.717) is 17.1 Å². The van der Waals surface area contributed by atoms with Gasteiger partial charge in [-0.15, -0.1) is 0 Å². The number of aromatic nitrogens is 3. The number of nitrogens with zero attached hydrogens (tertiary/aromatic N) is 4. The molecule has 0 radical (unpaired) electrons. The van der Waals surface area contributed by atoms with Crippen LogP contribution in [0.25, 0.3) is 0 Å². The smallest absolute Gasteiger partial charge is 0.253 e. The Morgan fingerprint density at radius 2 is 2.04 bits per heavy atom. The maximum atomic E-state index is 12.7. The molecule has 1 N–H and O–H groups in total. The standard InChI is InChI=1S/C16H19N5O3S/c1-25(23,24)21-9-13(15-17-10-18-19-15)12-8-11(4-5-14(12)21)16(22)20-6-2-3-7-20/h4-5,8,10,13H,2-3,6-7,9H2,1H3,(H,17,18,19)/t13-/m1/s1. The van der Waals surface area contributed by atoms with Crippen molar-refractivity contribution in [2.24, 2.45) is 0 Å². The molecule has 0 aliphatic carbocycles. The Morgan fingerprint density at radius 3 is 2.68 bits per heavy atom. The number of amides is 1. The lowest BCUT2D eigenvalue weighted by molar-refractivity contribution is 0.0792. The van der Waals surface area contributed by atoms with E-state index >= 15 is 0 Å². The average Bonchev–Trinajstić information content (AvgIpc) is 3.31. The second kappa shape index (κ2) is 5.83. The first-order valence-corrected chi connectivity index (χ1v) is 10.1. The summed E-state index contributed by atoms with van der Waals surface area (Å²) in [6, 6.07) is 5.23. The first-order chi connectivity index (χ1) is 11.9. The van der Waals surface area contributed by atoms with Crippen molar-refractivity contribution in [2.75, 3.05) is 30.2 Å². The third-order valence-corrected chi connectivity index (χ3v) is 5.97. The van der Waals surface area contributed by atoms with Crippen molar-refractivity contribution in [3.63, 3.8) is 0 Å². The number of hydrogen-bond acceptors (Lipinski definition) is 5. The molecule has 0 unspecified atom stereocenters. The van der Waals surface area contributed by atoms with Crippen molar-refractivity contribution in [3.05, 3.63) is 41.5 Å². The van der Waals surface area contributed by atoms with Crippen LogP contribution in [0.3, 0.4) is 0 Å². The van der Waals surface area contributed by atoms with Crippen LogP contribution < -0.4 is 4.31 Å². The van der Waals surface area contributed by atoms with Crippen molar-refractivity contribution in [2.45, 2.75) is 18.8 Å². The van der Waals surface area contributed by atoms with Gasteiger partial charge in [0.05, 0.1) is 17.9 Å². The van der Waals surface area contributed by atoms with Gasteiger partial charge in [-0.05, 0) is 36.6 Å². The molecule has 1 amide bonds. The van der Waals surface area contributed by atoms with Crippen LogP contribution in [0.2, 0.25) is 0 Å². The van der Waals surface area contributed by atoms with Crippen molar-refractivity contribution in [3.8, 4) is 0 Å². The van der Waals surface area contributed by atoms with Crippen molar-refractivity contribution in [1.29, 1.82) is 0 Å². The molecule has 1 aromatic heterocycles. The fourth-order valence-corrected chi connectivity index (χ4v) is 4.53. The minimum absolute atomic E-state index is 0.00516. The molecule has 132 valence electrons. The monoisotopic (exact) mass is 361 g/mol. The van der Waals surface area contributed by atoms with Gasteiger partial charge in [0, 0.05) is 25.2 Å². The Labute approximate surface area is 145 Å². The van der Waals surface area contributed by atoms with E-state index in [0.717, 1.165) is 31.5 Å². The van der Waals surface area contributed by atoms with Gasteiger partial charge in [0.1, 0.15) is 12.2 Å². The molecule has 1 fully saturated rings. The molecule has 25 heavy (non-hydrogen) atoms. The number of benzene rings is 1. The third kappa shape index (κ3) is 2.78. The summed E-state index contributed by atoms with van der Waals surface area (Å²) in [5.74, 6) is 0.325. The predicted octanol–water partition coefficient (Wildman–Crippen LogP) is 0.952. The first-order valence-electron chi connectivity index (χ1n) is 8.21. The van der Waals surface area contributed by atoms with E-state index < -0.39 is 10.0 Å². The molecule has 2 aliphatic heterocycles. The lowest BCUT2D eigenvalue weighted by Gasteiger charge is -2.18. The van der Waals surface area contributed by atoms with Crippen molar-refractivity contribution < 1.29 is 13.2 Å². The summed E-state index contributed by atoms with van der Waals surface area (Å²) in [4.78, 5) is 18.7. The quantitative estimate of drug-likeness (QED) is 0.877. The molecular weight excluding hydrogens is 342 g/mol. The Hall–Kier alpha value is -2.42. The largest absolute Gasteiger partial charge is 0.339 e. The summed E-state index contributed by atoms with van der Waals surface area (Å²) in [5.41, 5.74) is 1.97. The van der Waals surface area contributed by atoms with Crippen molar-refractivity contribution >= 4 is 21.6 Å². The zero-order valence-electron chi connectivity index (χ0n) is 13.8. The summed E-state index contributed by atoms with van der Waals surface area (Å²) in [5, 5.41) is 6.69. The predicted molar refractivity (Wildman–Crippen MR) is 92.0 cm³/mol. The zero-order chi connectivity index (χ0) is 17.6. The lowest BCUT2D eigenvalue weighted by atomic mass is 9.98. The van der Waals surface area contributed by atoms with Crippen molar-refractivity contribution in [1.82, 2.24) is 20.1 Å². The number of carbonyl (C=O) groups is 1. The first kappa shape index (κ1) is 16.1. The normalized spacial score (nSPS) is 20.1. The van der Waals surface area contributed by atoms with Gasteiger partial charge >= 0.3 is 0 Å². The number of nitrogens with one attached hydrogen (secondary N) is 1. The minimum atomic E-state index is -3.41. The highest BCUT2D eigenvalue weighted by Gasteiger charge is 2.36. The summed E-state index contributed by atoms with van der Waals surface area (Å²) in [6.07, 6.45) is 4.64. The average molecular weight is 361 g/mol. The van der Waals surface area contributed by atoms with Crippen LogP contribution in [-0.2, 0) is 10.0 Å². The summed E-state index contributed by atoms with van der Waals surface area (Å²) in [7, 11) is -3.41. The summed E-state index contributed by atoms with van der Waals surface area (Å²) >= 11 is 0. The van der Waals surface area contributed by atoms with E-state index in [-0.39, 0.29) is 18.4 Å². The molecule has 4 rings (SSSR count). The highest BCUT2D eigenvalue weighted by molar-refractivity contribution is 7.92. The SMILES string of the molecule is CS(=O)(=O)N1C[C@@H](c2ncn[nH]2)c2cc(C(=O)N3CCCC3)ccc21. The van der Waals surface area contributed by atoms with Gasteiger partial charge < -0.3 is 4.90 Å². The number of fused-ring (bicyclic) bond motifs is 1. The van der Waals surface area contributed by atoms with E-state index in [4.69, 9.17) is 0 Å². The fourth-order valence-electron chi connectivity index (χ4n) is 3.59. The van der Waals surface area contributed by atoms with Gasteiger partial charge in [-0.1, -0.05) is 0 Å². The van der Waals surface area contributed by atoms with Crippen LogP contribution in [0, 0.1) is 0 Å². The Morgan fingerprint density at radius 1 is 1.28 bits per heavy atom. The van der Waals surface area contributed by atoms with E-state index in [1.807, 2.05) is 4.90 Å². The second-order valence-corrected chi connectivity index (χ2v) is 8.40. The van der Waals surface area contributed by atoms with Crippen LogP contribution in [0.1, 0.15) is 40.5 Å². The number of H-pyrrole nitrogens is 1. The Bertz CT molecular complexity index is 904. The number of anilines is 1. The highest BCUT2D eigenvalue weighted by Crippen LogP contribution is 2.40. The van der Waals surface area contributed by atoms with Crippen LogP contribution in [0.5, 0.6) is 0 Å². The van der Waals surface area contributed by atoms with Gasteiger partial charge in [0.25, 0.3) is 5.91 Å². The number of hydrogen-bond donors (Lipinski definition) is 1. The van der Waals surface area contributed by atoms with Crippen LogP contribution in [0.15, 0.2) is 24.5 Å². The van der Waals surface area contributed by atoms with E-state index in [1.165, 1.54) is 16.9 Å². The molecule has 1 aromatic carbocycles. The molecule has 1 atom stereocenters. The van der Waals surface area contributed by atoms with Crippen LogP contribution in [0.4, 0.5) is 5.69 Å². The van der Waals surface area contributed by atoms with Gasteiger partial charge in [0.15, 0.2) is 0 Å². The maximum Gasteiger partial charge on any atom is 0.253 e. The molecule has 8 nitrogen and oxygen atoms in total. The summed E-state index contributed by atoms with van der Waals surface area (Å²) in [6.45, 7) is 1.80.